The van der Waals surface area contributed by atoms with Gasteiger partial charge in [-0.15, -0.1) is 0 Å². The van der Waals surface area contributed by atoms with Crippen LogP contribution in [0.2, 0.25) is 0 Å². The molecule has 1 fully saturated rings. The summed E-state index contributed by atoms with van der Waals surface area (Å²) in [7, 11) is 0. The molecule has 1 aliphatic heterocycles. The molecule has 0 atom stereocenters. The number of benzene rings is 2. The summed E-state index contributed by atoms with van der Waals surface area (Å²) in [4.78, 5) is 28.6. The van der Waals surface area contributed by atoms with Crippen LogP contribution in [0, 0.1) is 0 Å². The molecule has 0 N–H and O–H groups in total. The molecule has 0 bridgehead atoms. The van der Waals surface area contributed by atoms with Crippen LogP contribution >= 0.6 is 0 Å². The molecule has 2 aromatic rings. The van der Waals surface area contributed by atoms with Gasteiger partial charge in [-0.25, -0.2) is 0 Å². The SMILES string of the molecule is O=C(CC(=O)N(Cc1ccccc1)c1ccccc1)N1CCOCC1. The third-order valence-corrected chi connectivity index (χ3v) is 4.22. The van der Waals surface area contributed by atoms with Gasteiger partial charge in [-0.05, 0) is 17.7 Å². The molecule has 0 spiro atoms. The highest BCUT2D eigenvalue weighted by Crippen LogP contribution is 2.18. The fourth-order valence-electron chi connectivity index (χ4n) is 2.85. The Hall–Kier alpha value is -2.66. The quantitative estimate of drug-likeness (QED) is 0.787. The molecule has 5 heteroatoms. The molecule has 0 unspecified atom stereocenters. The van der Waals surface area contributed by atoms with Gasteiger partial charge in [-0.3, -0.25) is 9.59 Å². The number of ether oxygens (including phenoxy) is 1. The molecule has 0 saturated carbocycles. The maximum atomic E-state index is 12.8. The average Bonchev–Trinajstić information content (AvgIpc) is 2.68. The van der Waals surface area contributed by atoms with Crippen molar-refractivity contribution in [3.8, 4) is 0 Å². The molecule has 3 rings (SSSR count). The van der Waals surface area contributed by atoms with Gasteiger partial charge in [0.15, 0.2) is 0 Å². The van der Waals surface area contributed by atoms with Crippen LogP contribution in [0.25, 0.3) is 0 Å². The minimum atomic E-state index is -0.188. The zero-order valence-electron chi connectivity index (χ0n) is 14.1. The first kappa shape index (κ1) is 17.2. The number of carbonyl (C=O) groups excluding carboxylic acids is 2. The molecular formula is C20H22N2O3. The molecule has 130 valence electrons. The topological polar surface area (TPSA) is 49.9 Å². The number of anilines is 1. The first-order chi connectivity index (χ1) is 12.2. The van der Waals surface area contributed by atoms with Crippen molar-refractivity contribution in [1.29, 1.82) is 0 Å². The van der Waals surface area contributed by atoms with Crippen molar-refractivity contribution in [3.63, 3.8) is 0 Å². The summed E-state index contributed by atoms with van der Waals surface area (Å²) < 4.78 is 5.26. The standard InChI is InChI=1S/C20H22N2O3/c23-19(21-11-13-25-14-12-21)15-20(24)22(18-9-5-2-6-10-18)16-17-7-3-1-4-8-17/h1-10H,11-16H2. The molecule has 0 aromatic heterocycles. The van der Waals surface area contributed by atoms with Crippen LogP contribution in [0.3, 0.4) is 0 Å². The van der Waals surface area contributed by atoms with Crippen LogP contribution in [-0.4, -0.2) is 43.0 Å². The van der Waals surface area contributed by atoms with E-state index >= 15 is 0 Å². The lowest BCUT2D eigenvalue weighted by Gasteiger charge is -2.28. The highest BCUT2D eigenvalue weighted by atomic mass is 16.5. The molecule has 5 nitrogen and oxygen atoms in total. The average molecular weight is 338 g/mol. The van der Waals surface area contributed by atoms with E-state index in [0.29, 0.717) is 32.8 Å². The summed E-state index contributed by atoms with van der Waals surface area (Å²) in [5, 5.41) is 0. The van der Waals surface area contributed by atoms with Crippen LogP contribution in [0.5, 0.6) is 0 Å². The summed E-state index contributed by atoms with van der Waals surface area (Å²) >= 11 is 0. The number of carbonyl (C=O) groups is 2. The summed E-state index contributed by atoms with van der Waals surface area (Å²) in [6.07, 6.45) is -0.123. The summed E-state index contributed by atoms with van der Waals surface area (Å²) in [5.74, 6) is -0.325. The Morgan fingerprint density at radius 1 is 0.920 bits per heavy atom. The van der Waals surface area contributed by atoms with E-state index < -0.39 is 0 Å². The molecule has 2 amide bonds. The molecule has 0 radical (unpaired) electrons. The van der Waals surface area contributed by atoms with Crippen LogP contribution in [-0.2, 0) is 20.9 Å². The van der Waals surface area contributed by atoms with Gasteiger partial charge in [0, 0.05) is 18.8 Å². The monoisotopic (exact) mass is 338 g/mol. The molecule has 1 heterocycles. The Bertz CT molecular complexity index is 697. The van der Waals surface area contributed by atoms with Crippen molar-refractivity contribution in [1.82, 2.24) is 4.90 Å². The molecule has 2 aromatic carbocycles. The predicted molar refractivity (Wildman–Crippen MR) is 96.1 cm³/mol. The van der Waals surface area contributed by atoms with Gasteiger partial charge >= 0.3 is 0 Å². The van der Waals surface area contributed by atoms with Gasteiger partial charge in [-0.2, -0.15) is 0 Å². The smallest absolute Gasteiger partial charge is 0.236 e. The highest BCUT2D eigenvalue weighted by molar-refractivity contribution is 6.04. The van der Waals surface area contributed by atoms with Gasteiger partial charge in [0.25, 0.3) is 0 Å². The summed E-state index contributed by atoms with van der Waals surface area (Å²) in [6, 6.07) is 19.3. The highest BCUT2D eigenvalue weighted by Gasteiger charge is 2.23. The van der Waals surface area contributed by atoms with E-state index in [-0.39, 0.29) is 18.2 Å². The van der Waals surface area contributed by atoms with Crippen molar-refractivity contribution in [2.75, 3.05) is 31.2 Å². The number of hydrogen-bond donors (Lipinski definition) is 0. The zero-order chi connectivity index (χ0) is 17.5. The largest absolute Gasteiger partial charge is 0.378 e. The van der Waals surface area contributed by atoms with Gasteiger partial charge in [-0.1, -0.05) is 48.5 Å². The second kappa shape index (κ2) is 8.44. The van der Waals surface area contributed by atoms with Crippen LogP contribution in [0.15, 0.2) is 60.7 Å². The van der Waals surface area contributed by atoms with Crippen molar-refractivity contribution >= 4 is 17.5 Å². The molecule has 1 saturated heterocycles. The number of nitrogens with zero attached hydrogens (tertiary/aromatic N) is 2. The van der Waals surface area contributed by atoms with Crippen molar-refractivity contribution in [2.24, 2.45) is 0 Å². The molecular weight excluding hydrogens is 316 g/mol. The van der Waals surface area contributed by atoms with Crippen molar-refractivity contribution in [3.05, 3.63) is 66.2 Å². The second-order valence-corrected chi connectivity index (χ2v) is 5.97. The predicted octanol–water partition coefficient (Wildman–Crippen LogP) is 2.47. The Labute approximate surface area is 147 Å². The molecule has 0 aliphatic carbocycles. The number of morpholine rings is 1. The first-order valence-electron chi connectivity index (χ1n) is 8.49. The number of hydrogen-bond acceptors (Lipinski definition) is 3. The third-order valence-electron chi connectivity index (χ3n) is 4.22. The van der Waals surface area contributed by atoms with E-state index in [4.69, 9.17) is 4.74 Å². The Balaban J connectivity index is 1.74. The lowest BCUT2D eigenvalue weighted by Crippen LogP contribution is -2.43. The van der Waals surface area contributed by atoms with E-state index in [1.807, 2.05) is 60.7 Å². The van der Waals surface area contributed by atoms with Gasteiger partial charge in [0.05, 0.1) is 19.8 Å². The van der Waals surface area contributed by atoms with Crippen LogP contribution < -0.4 is 4.90 Å². The molecule has 25 heavy (non-hydrogen) atoms. The number of amides is 2. The summed E-state index contributed by atoms with van der Waals surface area (Å²) in [6.45, 7) is 2.62. The summed E-state index contributed by atoms with van der Waals surface area (Å²) in [5.41, 5.74) is 1.82. The Kier molecular flexibility index (Phi) is 5.80. The van der Waals surface area contributed by atoms with Crippen LogP contribution in [0.4, 0.5) is 5.69 Å². The minimum absolute atomic E-state index is 0.123. The zero-order valence-corrected chi connectivity index (χ0v) is 14.1. The maximum Gasteiger partial charge on any atom is 0.236 e. The van der Waals surface area contributed by atoms with Crippen molar-refractivity contribution < 1.29 is 14.3 Å². The second-order valence-electron chi connectivity index (χ2n) is 5.97. The fourth-order valence-corrected chi connectivity index (χ4v) is 2.85. The van der Waals surface area contributed by atoms with E-state index in [0.717, 1.165) is 11.3 Å². The minimum Gasteiger partial charge on any atom is -0.378 e. The number of para-hydroxylation sites is 1. The lowest BCUT2D eigenvalue weighted by atomic mass is 10.1. The normalized spacial score (nSPS) is 14.2. The van der Waals surface area contributed by atoms with E-state index in [9.17, 15) is 9.59 Å². The van der Waals surface area contributed by atoms with Gasteiger partial charge in [0.2, 0.25) is 11.8 Å². The van der Waals surface area contributed by atoms with Gasteiger partial charge in [0.1, 0.15) is 6.42 Å². The Morgan fingerprint density at radius 2 is 1.52 bits per heavy atom. The maximum absolute atomic E-state index is 12.8. The van der Waals surface area contributed by atoms with Gasteiger partial charge < -0.3 is 14.5 Å². The first-order valence-corrected chi connectivity index (χ1v) is 8.49. The fraction of sp³-hybridized carbons (Fsp3) is 0.300. The van der Waals surface area contributed by atoms with E-state index in [1.54, 1.807) is 9.80 Å². The van der Waals surface area contributed by atoms with E-state index in [1.165, 1.54) is 0 Å². The molecule has 1 aliphatic rings. The van der Waals surface area contributed by atoms with Crippen LogP contribution in [0.1, 0.15) is 12.0 Å². The Morgan fingerprint density at radius 3 is 2.16 bits per heavy atom. The third kappa shape index (κ3) is 4.67. The van der Waals surface area contributed by atoms with Crippen molar-refractivity contribution in [2.45, 2.75) is 13.0 Å². The lowest BCUT2D eigenvalue weighted by molar-refractivity contribution is -0.138. The number of rotatable bonds is 5. The van der Waals surface area contributed by atoms with E-state index in [2.05, 4.69) is 0 Å².